The van der Waals surface area contributed by atoms with Gasteiger partial charge in [0.1, 0.15) is 18.3 Å². The van der Waals surface area contributed by atoms with Gasteiger partial charge >= 0.3 is 13.8 Å². The summed E-state index contributed by atoms with van der Waals surface area (Å²) < 4.78 is 27.6. The van der Waals surface area contributed by atoms with Gasteiger partial charge in [-0.3, -0.25) is 23.6 Å². The number of aromatic amines is 1. The van der Waals surface area contributed by atoms with Gasteiger partial charge < -0.3 is 24.5 Å². The molecule has 13 nitrogen and oxygen atoms in total. The Morgan fingerprint density at radius 1 is 1.39 bits per heavy atom. The zero-order chi connectivity index (χ0) is 20.5. The topological polar surface area (TPSA) is 186 Å². The lowest BCUT2D eigenvalue weighted by Crippen LogP contribution is -2.33. The van der Waals surface area contributed by atoms with E-state index in [1.165, 1.54) is 10.9 Å². The van der Waals surface area contributed by atoms with E-state index in [0.29, 0.717) is 6.42 Å². The van der Waals surface area contributed by atoms with Gasteiger partial charge in [-0.05, 0) is 6.42 Å². The molecule has 0 aromatic carbocycles. The fourth-order valence-corrected chi connectivity index (χ4v) is 3.46. The lowest BCUT2D eigenvalue weighted by atomic mass is 10.1. The lowest BCUT2D eigenvalue weighted by Gasteiger charge is -2.17. The number of carbonyl (C=O) groups is 1. The molecule has 3 rings (SSSR count). The second-order valence-corrected chi connectivity index (χ2v) is 7.46. The number of nitrogens with one attached hydrogen (secondary N) is 1. The van der Waals surface area contributed by atoms with Crippen LogP contribution in [0, 0.1) is 0 Å². The number of phosphoric ester groups is 1. The van der Waals surface area contributed by atoms with E-state index in [1.807, 2.05) is 0 Å². The molecule has 0 aliphatic carbocycles. The maximum atomic E-state index is 11.8. The van der Waals surface area contributed by atoms with Crippen molar-refractivity contribution in [1.82, 2.24) is 19.5 Å². The molecular weight excluding hydrogens is 399 g/mol. The summed E-state index contributed by atoms with van der Waals surface area (Å²) in [5.41, 5.74) is -0.370. The summed E-state index contributed by atoms with van der Waals surface area (Å²) in [6.45, 7) is 1.06. The van der Waals surface area contributed by atoms with Crippen LogP contribution in [0.15, 0.2) is 17.4 Å². The second-order valence-electron chi connectivity index (χ2n) is 6.08. The van der Waals surface area contributed by atoms with Gasteiger partial charge in [-0.1, -0.05) is 6.92 Å². The largest absolute Gasteiger partial charge is 0.529 e. The number of ether oxygens (including phenoxy) is 1. The SMILES string of the molecule is CCCC(=O)OP(=O)(O)OC[C@H]1O[C@@H](n2cnc3c(=O)[nH]cnc32)[C@H](O)[C@@H]1O. The predicted molar refractivity (Wildman–Crippen MR) is 90.8 cm³/mol. The molecule has 3 heterocycles. The van der Waals surface area contributed by atoms with Crippen molar-refractivity contribution in [3.05, 3.63) is 23.0 Å². The average molecular weight is 418 g/mol. The number of imidazole rings is 1. The van der Waals surface area contributed by atoms with Crippen LogP contribution in [0.4, 0.5) is 0 Å². The summed E-state index contributed by atoms with van der Waals surface area (Å²) in [7, 11) is -4.70. The number of phosphoric acid groups is 1. The minimum atomic E-state index is -4.70. The average Bonchev–Trinajstić information content (AvgIpc) is 3.16. The maximum Gasteiger partial charge on any atom is 0.529 e. The fraction of sp³-hybridized carbons (Fsp3) is 0.571. The van der Waals surface area contributed by atoms with Crippen molar-refractivity contribution in [3.63, 3.8) is 0 Å². The Kier molecular flexibility index (Phi) is 5.93. The fourth-order valence-electron chi connectivity index (χ4n) is 2.72. The molecule has 0 saturated carbocycles. The van der Waals surface area contributed by atoms with Gasteiger partial charge in [0.25, 0.3) is 5.56 Å². The third kappa shape index (κ3) is 4.14. The summed E-state index contributed by atoms with van der Waals surface area (Å²) in [4.78, 5) is 42.8. The van der Waals surface area contributed by atoms with E-state index in [1.54, 1.807) is 6.92 Å². The minimum absolute atomic E-state index is 0.00943. The van der Waals surface area contributed by atoms with Crippen LogP contribution >= 0.6 is 7.82 Å². The zero-order valence-corrected chi connectivity index (χ0v) is 15.6. The Morgan fingerprint density at radius 3 is 2.86 bits per heavy atom. The second kappa shape index (κ2) is 8.07. The minimum Gasteiger partial charge on any atom is -0.387 e. The number of aliphatic hydroxyl groups excluding tert-OH is 2. The first-order valence-electron chi connectivity index (χ1n) is 8.35. The third-order valence-electron chi connectivity index (χ3n) is 4.05. The molecule has 28 heavy (non-hydrogen) atoms. The predicted octanol–water partition coefficient (Wildman–Crippen LogP) is -0.801. The van der Waals surface area contributed by atoms with Crippen LogP contribution in [0.5, 0.6) is 0 Å². The third-order valence-corrected chi connectivity index (χ3v) is 4.96. The first kappa shape index (κ1) is 20.6. The molecule has 0 spiro atoms. The van der Waals surface area contributed by atoms with Gasteiger partial charge in [0.05, 0.1) is 19.3 Å². The number of rotatable bonds is 7. The molecule has 1 saturated heterocycles. The molecule has 2 aromatic rings. The maximum absolute atomic E-state index is 11.8. The molecule has 14 heteroatoms. The number of aromatic nitrogens is 4. The van der Waals surface area contributed by atoms with E-state index in [2.05, 4.69) is 19.5 Å². The normalized spacial score (nSPS) is 27.0. The number of aliphatic hydroxyl groups is 2. The number of carbonyl (C=O) groups excluding carboxylic acids is 1. The highest BCUT2D eigenvalue weighted by Gasteiger charge is 2.45. The lowest BCUT2D eigenvalue weighted by molar-refractivity contribution is -0.136. The first-order valence-corrected chi connectivity index (χ1v) is 9.84. The zero-order valence-electron chi connectivity index (χ0n) is 14.7. The molecule has 0 amide bonds. The summed E-state index contributed by atoms with van der Waals surface area (Å²) in [6, 6.07) is 0. The summed E-state index contributed by atoms with van der Waals surface area (Å²) in [6.07, 6.45) is -2.63. The summed E-state index contributed by atoms with van der Waals surface area (Å²) in [5, 5.41) is 20.4. The number of hydrogen-bond acceptors (Lipinski definition) is 10. The number of fused-ring (bicyclic) bond motifs is 1. The van der Waals surface area contributed by atoms with Crippen molar-refractivity contribution in [3.8, 4) is 0 Å². The van der Waals surface area contributed by atoms with Gasteiger partial charge in [0, 0.05) is 6.42 Å². The molecule has 0 radical (unpaired) electrons. The molecule has 5 atom stereocenters. The van der Waals surface area contributed by atoms with E-state index in [0.717, 1.165) is 6.33 Å². The molecule has 2 aromatic heterocycles. The number of hydrogen-bond donors (Lipinski definition) is 4. The first-order chi connectivity index (χ1) is 13.2. The van der Waals surface area contributed by atoms with Crippen molar-refractivity contribution in [2.75, 3.05) is 6.61 Å². The molecular formula is C14H19N4O9P. The summed E-state index contributed by atoms with van der Waals surface area (Å²) in [5.74, 6) is -0.902. The Hall–Kier alpha value is -2.15. The number of nitrogens with zero attached hydrogens (tertiary/aromatic N) is 3. The molecule has 154 valence electrons. The van der Waals surface area contributed by atoms with Gasteiger partial charge in [0.15, 0.2) is 17.4 Å². The smallest absolute Gasteiger partial charge is 0.387 e. The van der Waals surface area contributed by atoms with Crippen LogP contribution in [0.3, 0.4) is 0 Å². The quantitative estimate of drug-likeness (QED) is 0.412. The molecule has 1 unspecified atom stereocenters. The molecule has 1 aliphatic heterocycles. The van der Waals surface area contributed by atoms with E-state index in [-0.39, 0.29) is 17.6 Å². The van der Waals surface area contributed by atoms with Gasteiger partial charge in [-0.25, -0.2) is 14.5 Å². The number of H-pyrrole nitrogens is 1. The van der Waals surface area contributed by atoms with Crippen LogP contribution in [0.2, 0.25) is 0 Å². The van der Waals surface area contributed by atoms with Crippen LogP contribution in [-0.4, -0.2) is 65.5 Å². The molecule has 1 fully saturated rings. The monoisotopic (exact) mass is 418 g/mol. The van der Waals surface area contributed by atoms with E-state index in [9.17, 15) is 29.3 Å². The standard InChI is InChI=1S/C14H19N4O9P/c1-2-3-8(19)27-28(23,24)25-4-7-10(20)11(21)14(26-7)18-6-17-9-12(18)15-5-16-13(9)22/h5-7,10-11,14,20-21H,2-4H2,1H3,(H,23,24)(H,15,16,22)/t7-,10-,11-,14-/m1/s1. The van der Waals surface area contributed by atoms with Gasteiger partial charge in [0.2, 0.25) is 0 Å². The molecule has 1 aliphatic rings. The van der Waals surface area contributed by atoms with Gasteiger partial charge in [-0.15, -0.1) is 0 Å². The van der Waals surface area contributed by atoms with E-state index < -0.39 is 50.5 Å². The highest BCUT2D eigenvalue weighted by molar-refractivity contribution is 7.48. The Balaban J connectivity index is 1.70. The highest BCUT2D eigenvalue weighted by atomic mass is 31.2. The highest BCUT2D eigenvalue weighted by Crippen LogP contribution is 2.45. The van der Waals surface area contributed by atoms with E-state index >= 15 is 0 Å². The Bertz CT molecular complexity index is 960. The van der Waals surface area contributed by atoms with Crippen molar-refractivity contribution < 1.29 is 38.3 Å². The molecule has 4 N–H and O–H groups in total. The van der Waals surface area contributed by atoms with Crippen LogP contribution in [0.25, 0.3) is 11.2 Å². The Morgan fingerprint density at radius 2 is 2.14 bits per heavy atom. The molecule has 0 bridgehead atoms. The van der Waals surface area contributed by atoms with Crippen molar-refractivity contribution >= 4 is 25.0 Å². The Labute approximate surface area is 157 Å². The van der Waals surface area contributed by atoms with E-state index in [4.69, 9.17) is 9.26 Å². The van der Waals surface area contributed by atoms with Crippen LogP contribution in [0.1, 0.15) is 26.0 Å². The van der Waals surface area contributed by atoms with Crippen molar-refractivity contribution in [2.24, 2.45) is 0 Å². The van der Waals surface area contributed by atoms with Crippen LogP contribution in [-0.2, 0) is 23.1 Å². The summed E-state index contributed by atoms with van der Waals surface area (Å²) >= 11 is 0. The van der Waals surface area contributed by atoms with Gasteiger partial charge in [-0.2, -0.15) is 0 Å². The van der Waals surface area contributed by atoms with Crippen molar-refractivity contribution in [2.45, 2.75) is 44.3 Å². The van der Waals surface area contributed by atoms with Crippen LogP contribution < -0.4 is 5.56 Å². The van der Waals surface area contributed by atoms with Crippen molar-refractivity contribution in [1.29, 1.82) is 0 Å².